The fourth-order valence-electron chi connectivity index (χ4n) is 1.71. The molecule has 1 rings (SSSR count). The Balaban J connectivity index is 2.69. The third-order valence-corrected chi connectivity index (χ3v) is 2.56. The molecule has 4 nitrogen and oxygen atoms in total. The predicted molar refractivity (Wildman–Crippen MR) is 60.8 cm³/mol. The molecule has 0 saturated heterocycles. The Labute approximate surface area is 91.3 Å². The quantitative estimate of drug-likeness (QED) is 0.690. The van der Waals surface area contributed by atoms with E-state index in [0.717, 1.165) is 25.2 Å². The Hall–Kier alpha value is -0.870. The lowest BCUT2D eigenvalue weighted by Crippen LogP contribution is -2.18. The molecule has 86 valence electrons. The Morgan fingerprint density at radius 2 is 2.13 bits per heavy atom. The van der Waals surface area contributed by atoms with Gasteiger partial charge < -0.3 is 10.4 Å². The van der Waals surface area contributed by atoms with Crippen LogP contribution in [0.3, 0.4) is 0 Å². The first-order valence-electron chi connectivity index (χ1n) is 5.55. The number of nitrogens with one attached hydrogen (secondary N) is 1. The molecule has 0 radical (unpaired) electrons. The summed E-state index contributed by atoms with van der Waals surface area (Å²) in [6.07, 6.45) is 1.10. The number of rotatable bonds is 6. The molecule has 0 fully saturated rings. The highest BCUT2D eigenvalue weighted by molar-refractivity contribution is 5.24. The lowest BCUT2D eigenvalue weighted by atomic mass is 10.2. The van der Waals surface area contributed by atoms with Crippen LogP contribution in [-0.2, 0) is 13.1 Å². The maximum absolute atomic E-state index is 8.69. The van der Waals surface area contributed by atoms with Gasteiger partial charge in [-0.05, 0) is 20.3 Å². The molecule has 0 aliphatic rings. The van der Waals surface area contributed by atoms with E-state index >= 15 is 0 Å². The van der Waals surface area contributed by atoms with Gasteiger partial charge in [0.15, 0.2) is 0 Å². The van der Waals surface area contributed by atoms with Gasteiger partial charge in [0.05, 0.1) is 12.3 Å². The molecule has 0 unspecified atom stereocenters. The monoisotopic (exact) mass is 211 g/mol. The summed E-state index contributed by atoms with van der Waals surface area (Å²) >= 11 is 0. The largest absolute Gasteiger partial charge is 0.395 e. The first-order chi connectivity index (χ1) is 7.20. The fourth-order valence-corrected chi connectivity index (χ4v) is 1.71. The Bertz CT molecular complexity index is 307. The van der Waals surface area contributed by atoms with Crippen molar-refractivity contribution in [3.8, 4) is 0 Å². The van der Waals surface area contributed by atoms with E-state index in [4.69, 9.17) is 5.11 Å². The van der Waals surface area contributed by atoms with Crippen LogP contribution in [0.5, 0.6) is 0 Å². The summed E-state index contributed by atoms with van der Waals surface area (Å²) in [6.45, 7) is 8.88. The fraction of sp³-hybridized carbons (Fsp3) is 0.727. The maximum Gasteiger partial charge on any atom is 0.0641 e. The molecule has 0 aromatic carbocycles. The van der Waals surface area contributed by atoms with Gasteiger partial charge in [0, 0.05) is 30.9 Å². The van der Waals surface area contributed by atoms with Gasteiger partial charge in [-0.2, -0.15) is 5.10 Å². The molecule has 1 heterocycles. The van der Waals surface area contributed by atoms with Crippen molar-refractivity contribution in [2.45, 2.75) is 40.3 Å². The van der Waals surface area contributed by atoms with Crippen molar-refractivity contribution in [1.29, 1.82) is 0 Å². The summed E-state index contributed by atoms with van der Waals surface area (Å²) in [4.78, 5) is 0. The van der Waals surface area contributed by atoms with Gasteiger partial charge >= 0.3 is 0 Å². The molecule has 1 aromatic heterocycles. The van der Waals surface area contributed by atoms with Crippen molar-refractivity contribution >= 4 is 0 Å². The van der Waals surface area contributed by atoms with E-state index in [0.29, 0.717) is 6.54 Å². The zero-order valence-corrected chi connectivity index (χ0v) is 9.88. The van der Waals surface area contributed by atoms with Crippen molar-refractivity contribution in [2.24, 2.45) is 0 Å². The topological polar surface area (TPSA) is 50.1 Å². The first kappa shape index (κ1) is 12.2. The summed E-state index contributed by atoms with van der Waals surface area (Å²) in [5, 5.41) is 16.4. The zero-order valence-electron chi connectivity index (χ0n) is 9.88. The average Bonchev–Trinajstić information content (AvgIpc) is 2.46. The molecular formula is C11H21N3O. The summed E-state index contributed by atoms with van der Waals surface area (Å²) in [6, 6.07) is 0. The molecule has 2 N–H and O–H groups in total. The van der Waals surface area contributed by atoms with Crippen LogP contribution in [0.25, 0.3) is 0 Å². The second kappa shape index (κ2) is 5.88. The van der Waals surface area contributed by atoms with Gasteiger partial charge in [0.2, 0.25) is 0 Å². The lowest BCUT2D eigenvalue weighted by Gasteiger charge is -2.04. The highest BCUT2D eigenvalue weighted by atomic mass is 16.3. The molecule has 0 atom stereocenters. The number of hydrogen-bond donors (Lipinski definition) is 2. The molecule has 15 heavy (non-hydrogen) atoms. The van der Waals surface area contributed by atoms with E-state index in [1.165, 1.54) is 11.3 Å². The smallest absolute Gasteiger partial charge is 0.0641 e. The van der Waals surface area contributed by atoms with E-state index < -0.39 is 0 Å². The maximum atomic E-state index is 8.69. The van der Waals surface area contributed by atoms with Crippen LogP contribution in [0.4, 0.5) is 0 Å². The van der Waals surface area contributed by atoms with Crippen molar-refractivity contribution in [3.05, 3.63) is 17.0 Å². The minimum Gasteiger partial charge on any atom is -0.395 e. The standard InChI is InChI=1S/C11H21N3O/c1-4-6-14-10(3)11(9(2)13-14)8-12-5-7-15/h12,15H,4-8H2,1-3H3. The van der Waals surface area contributed by atoms with E-state index in [1.807, 2.05) is 6.92 Å². The number of hydrogen-bond acceptors (Lipinski definition) is 3. The molecule has 0 spiro atoms. The van der Waals surface area contributed by atoms with Crippen molar-refractivity contribution in [2.75, 3.05) is 13.2 Å². The van der Waals surface area contributed by atoms with E-state index in [-0.39, 0.29) is 6.61 Å². The third-order valence-electron chi connectivity index (χ3n) is 2.56. The van der Waals surface area contributed by atoms with Crippen LogP contribution in [0.1, 0.15) is 30.3 Å². The third kappa shape index (κ3) is 3.04. The van der Waals surface area contributed by atoms with Gasteiger partial charge in [0.1, 0.15) is 0 Å². The van der Waals surface area contributed by atoms with Crippen LogP contribution in [0.2, 0.25) is 0 Å². The molecule has 0 aliphatic heterocycles. The minimum atomic E-state index is 0.182. The highest BCUT2D eigenvalue weighted by Gasteiger charge is 2.09. The summed E-state index contributed by atoms with van der Waals surface area (Å²) in [5.41, 5.74) is 3.59. The average molecular weight is 211 g/mol. The van der Waals surface area contributed by atoms with Crippen LogP contribution in [0, 0.1) is 13.8 Å². The van der Waals surface area contributed by atoms with Crippen LogP contribution in [0.15, 0.2) is 0 Å². The van der Waals surface area contributed by atoms with Crippen molar-refractivity contribution in [3.63, 3.8) is 0 Å². The van der Waals surface area contributed by atoms with Gasteiger partial charge in [-0.3, -0.25) is 4.68 Å². The van der Waals surface area contributed by atoms with Crippen LogP contribution < -0.4 is 5.32 Å². The molecule has 0 saturated carbocycles. The van der Waals surface area contributed by atoms with E-state index in [2.05, 4.69) is 28.9 Å². The van der Waals surface area contributed by atoms with Crippen LogP contribution in [-0.4, -0.2) is 28.0 Å². The highest BCUT2D eigenvalue weighted by Crippen LogP contribution is 2.12. The molecule has 0 amide bonds. The predicted octanol–water partition coefficient (Wildman–Crippen LogP) is 0.992. The molecule has 0 bridgehead atoms. The molecular weight excluding hydrogens is 190 g/mol. The van der Waals surface area contributed by atoms with Crippen molar-refractivity contribution < 1.29 is 5.11 Å². The van der Waals surface area contributed by atoms with Gasteiger partial charge in [-0.1, -0.05) is 6.92 Å². The Kier molecular flexibility index (Phi) is 4.78. The number of aryl methyl sites for hydroxylation is 2. The van der Waals surface area contributed by atoms with E-state index in [9.17, 15) is 0 Å². The second-order valence-corrected chi connectivity index (χ2v) is 3.77. The summed E-state index contributed by atoms with van der Waals surface area (Å²) < 4.78 is 2.06. The van der Waals surface area contributed by atoms with Crippen LogP contribution >= 0.6 is 0 Å². The summed E-state index contributed by atoms with van der Waals surface area (Å²) in [7, 11) is 0. The molecule has 1 aromatic rings. The molecule has 4 heteroatoms. The number of nitrogens with zero attached hydrogens (tertiary/aromatic N) is 2. The van der Waals surface area contributed by atoms with Gasteiger partial charge in [0.25, 0.3) is 0 Å². The Morgan fingerprint density at radius 1 is 1.40 bits per heavy atom. The number of aliphatic hydroxyl groups is 1. The zero-order chi connectivity index (χ0) is 11.3. The summed E-state index contributed by atoms with van der Waals surface area (Å²) in [5.74, 6) is 0. The number of aromatic nitrogens is 2. The lowest BCUT2D eigenvalue weighted by molar-refractivity contribution is 0.292. The SMILES string of the molecule is CCCn1nc(C)c(CNCCO)c1C. The first-order valence-corrected chi connectivity index (χ1v) is 5.55. The Morgan fingerprint density at radius 3 is 2.73 bits per heavy atom. The van der Waals surface area contributed by atoms with Gasteiger partial charge in [-0.15, -0.1) is 0 Å². The number of aliphatic hydroxyl groups excluding tert-OH is 1. The minimum absolute atomic E-state index is 0.182. The second-order valence-electron chi connectivity index (χ2n) is 3.77. The van der Waals surface area contributed by atoms with E-state index in [1.54, 1.807) is 0 Å². The molecule has 0 aliphatic carbocycles. The van der Waals surface area contributed by atoms with Crippen molar-refractivity contribution in [1.82, 2.24) is 15.1 Å². The van der Waals surface area contributed by atoms with Gasteiger partial charge in [-0.25, -0.2) is 0 Å². The normalized spacial score (nSPS) is 10.9.